The van der Waals surface area contributed by atoms with Gasteiger partial charge >= 0.3 is 0 Å². The van der Waals surface area contributed by atoms with Crippen molar-refractivity contribution < 1.29 is 4.74 Å². The molecule has 0 amide bonds. The molecule has 0 aliphatic heterocycles. The van der Waals surface area contributed by atoms with Gasteiger partial charge in [-0.25, -0.2) is 4.98 Å². The quantitative estimate of drug-likeness (QED) is 0.604. The first-order valence-electron chi connectivity index (χ1n) is 7.88. The van der Waals surface area contributed by atoms with Crippen molar-refractivity contribution in [2.75, 3.05) is 5.88 Å². The van der Waals surface area contributed by atoms with Gasteiger partial charge in [-0.2, -0.15) is 0 Å². The highest BCUT2D eigenvalue weighted by atomic mass is 35.5. The van der Waals surface area contributed by atoms with Crippen molar-refractivity contribution >= 4 is 22.6 Å². The van der Waals surface area contributed by atoms with Gasteiger partial charge in [-0.1, -0.05) is 36.4 Å². The maximum Gasteiger partial charge on any atom is 0.148 e. The summed E-state index contributed by atoms with van der Waals surface area (Å²) in [5, 5.41) is 0. The van der Waals surface area contributed by atoms with Crippen LogP contribution >= 0.6 is 11.6 Å². The van der Waals surface area contributed by atoms with Gasteiger partial charge in [0.1, 0.15) is 17.9 Å². The molecule has 0 aliphatic rings. The molecular formula is C19H21ClN2O. The van der Waals surface area contributed by atoms with Gasteiger partial charge in [-0.05, 0) is 37.0 Å². The Morgan fingerprint density at radius 3 is 2.65 bits per heavy atom. The third-order valence-corrected chi connectivity index (χ3v) is 4.24. The van der Waals surface area contributed by atoms with E-state index in [1.807, 2.05) is 24.5 Å². The number of fused-ring (bicyclic) bond motifs is 1. The molecule has 0 bridgehead atoms. The van der Waals surface area contributed by atoms with Gasteiger partial charge in [-0.3, -0.25) is 0 Å². The number of ether oxygens (including phenoxy) is 1. The van der Waals surface area contributed by atoms with E-state index in [0.29, 0.717) is 12.5 Å². The van der Waals surface area contributed by atoms with Crippen molar-refractivity contribution in [1.82, 2.24) is 9.55 Å². The SMILES string of the molecule is Cc1cc(C)c2ncn(CCCCl)c2c1OCc1ccccc1. The molecule has 1 aromatic heterocycles. The average Bonchev–Trinajstić information content (AvgIpc) is 2.98. The lowest BCUT2D eigenvalue weighted by Crippen LogP contribution is -2.03. The molecule has 23 heavy (non-hydrogen) atoms. The highest BCUT2D eigenvalue weighted by Crippen LogP contribution is 2.32. The lowest BCUT2D eigenvalue weighted by molar-refractivity contribution is 0.306. The number of aromatic nitrogens is 2. The minimum absolute atomic E-state index is 0.556. The fraction of sp³-hybridized carbons (Fsp3) is 0.316. The number of rotatable bonds is 6. The summed E-state index contributed by atoms with van der Waals surface area (Å²) in [5.74, 6) is 1.56. The topological polar surface area (TPSA) is 27.1 Å². The first-order valence-corrected chi connectivity index (χ1v) is 8.42. The zero-order valence-electron chi connectivity index (χ0n) is 13.6. The zero-order valence-corrected chi connectivity index (χ0v) is 14.3. The highest BCUT2D eigenvalue weighted by molar-refractivity contribution is 6.17. The van der Waals surface area contributed by atoms with E-state index >= 15 is 0 Å². The van der Waals surface area contributed by atoms with Gasteiger partial charge in [0.25, 0.3) is 0 Å². The lowest BCUT2D eigenvalue weighted by Gasteiger charge is -2.14. The van der Waals surface area contributed by atoms with E-state index in [9.17, 15) is 0 Å². The van der Waals surface area contributed by atoms with E-state index in [4.69, 9.17) is 16.3 Å². The van der Waals surface area contributed by atoms with Gasteiger partial charge in [-0.15, -0.1) is 11.6 Å². The smallest absolute Gasteiger partial charge is 0.148 e. The molecule has 1 heterocycles. The second-order valence-corrected chi connectivity index (χ2v) is 6.17. The monoisotopic (exact) mass is 328 g/mol. The van der Waals surface area contributed by atoms with Gasteiger partial charge in [0.2, 0.25) is 0 Å². The second kappa shape index (κ2) is 7.05. The molecule has 4 heteroatoms. The molecule has 0 aliphatic carbocycles. The fourth-order valence-corrected chi connectivity index (χ4v) is 2.99. The summed E-state index contributed by atoms with van der Waals surface area (Å²) >= 11 is 5.85. The normalized spacial score (nSPS) is 11.1. The molecule has 0 unspecified atom stereocenters. The molecule has 0 spiro atoms. The molecule has 0 N–H and O–H groups in total. The molecule has 0 saturated heterocycles. The van der Waals surface area contributed by atoms with Crippen LogP contribution in [0.25, 0.3) is 11.0 Å². The van der Waals surface area contributed by atoms with Gasteiger partial charge in [0, 0.05) is 12.4 Å². The third kappa shape index (κ3) is 3.35. The van der Waals surface area contributed by atoms with Crippen molar-refractivity contribution in [2.45, 2.75) is 33.4 Å². The number of hydrogen-bond acceptors (Lipinski definition) is 2. The van der Waals surface area contributed by atoms with Crippen molar-refractivity contribution in [3.8, 4) is 5.75 Å². The van der Waals surface area contributed by atoms with Crippen molar-refractivity contribution in [3.05, 3.63) is 59.4 Å². The molecule has 2 aromatic carbocycles. The number of benzene rings is 2. The Balaban J connectivity index is 1.98. The van der Waals surface area contributed by atoms with Crippen LogP contribution in [0.5, 0.6) is 5.75 Å². The van der Waals surface area contributed by atoms with Crippen LogP contribution in [-0.2, 0) is 13.2 Å². The highest BCUT2D eigenvalue weighted by Gasteiger charge is 2.15. The largest absolute Gasteiger partial charge is 0.486 e. The van der Waals surface area contributed by atoms with Crippen molar-refractivity contribution in [3.63, 3.8) is 0 Å². The van der Waals surface area contributed by atoms with Crippen LogP contribution in [0.4, 0.5) is 0 Å². The van der Waals surface area contributed by atoms with Crippen LogP contribution in [0.15, 0.2) is 42.7 Å². The summed E-state index contributed by atoms with van der Waals surface area (Å²) in [6.07, 6.45) is 2.80. The van der Waals surface area contributed by atoms with Crippen LogP contribution in [0.3, 0.4) is 0 Å². The summed E-state index contributed by atoms with van der Waals surface area (Å²) in [6.45, 7) is 5.59. The second-order valence-electron chi connectivity index (χ2n) is 5.79. The van der Waals surface area contributed by atoms with E-state index in [-0.39, 0.29) is 0 Å². The molecule has 3 aromatic rings. The molecule has 0 radical (unpaired) electrons. The molecule has 0 saturated carbocycles. The van der Waals surface area contributed by atoms with Crippen LogP contribution in [0, 0.1) is 13.8 Å². The molecule has 3 rings (SSSR count). The Bertz CT molecular complexity index is 796. The van der Waals surface area contributed by atoms with E-state index < -0.39 is 0 Å². The summed E-state index contributed by atoms with van der Waals surface area (Å²) in [6, 6.07) is 12.4. The summed E-state index contributed by atoms with van der Waals surface area (Å²) < 4.78 is 8.33. The Labute approximate surface area is 141 Å². The predicted molar refractivity (Wildman–Crippen MR) is 95.3 cm³/mol. The number of nitrogens with zero attached hydrogens (tertiary/aromatic N) is 2. The van der Waals surface area contributed by atoms with Crippen molar-refractivity contribution in [2.24, 2.45) is 0 Å². The first kappa shape index (κ1) is 15.9. The number of aryl methyl sites for hydroxylation is 3. The van der Waals surface area contributed by atoms with Crippen molar-refractivity contribution in [1.29, 1.82) is 0 Å². The maximum atomic E-state index is 6.18. The average molecular weight is 329 g/mol. The molecule has 0 fully saturated rings. The zero-order chi connectivity index (χ0) is 16.2. The first-order chi connectivity index (χ1) is 11.2. The van der Waals surface area contributed by atoms with E-state index in [1.165, 1.54) is 5.56 Å². The summed E-state index contributed by atoms with van der Waals surface area (Å²) in [4.78, 5) is 4.57. The fourth-order valence-electron chi connectivity index (χ4n) is 2.87. The Morgan fingerprint density at radius 2 is 1.91 bits per heavy atom. The molecule has 3 nitrogen and oxygen atoms in total. The standard InChI is InChI=1S/C19H21ClN2O/c1-14-11-15(2)19(23-12-16-7-4-3-5-8-16)18-17(14)21-13-22(18)10-6-9-20/h3-5,7-8,11,13H,6,9-10,12H2,1-2H3. The van der Waals surface area contributed by atoms with Gasteiger partial charge < -0.3 is 9.30 Å². The maximum absolute atomic E-state index is 6.18. The van der Waals surface area contributed by atoms with E-state index in [1.54, 1.807) is 0 Å². The molecular weight excluding hydrogens is 308 g/mol. The summed E-state index contributed by atoms with van der Waals surface area (Å²) in [5.41, 5.74) is 5.55. The molecule has 0 atom stereocenters. The van der Waals surface area contributed by atoms with Gasteiger partial charge in [0.15, 0.2) is 0 Å². The Kier molecular flexibility index (Phi) is 4.87. The van der Waals surface area contributed by atoms with E-state index in [2.05, 4.69) is 41.6 Å². The van der Waals surface area contributed by atoms with Crippen LogP contribution in [-0.4, -0.2) is 15.4 Å². The number of alkyl halides is 1. The van der Waals surface area contributed by atoms with Gasteiger partial charge in [0.05, 0.1) is 11.8 Å². The van der Waals surface area contributed by atoms with E-state index in [0.717, 1.165) is 40.9 Å². The lowest BCUT2D eigenvalue weighted by atomic mass is 10.1. The van der Waals surface area contributed by atoms with Crippen LogP contribution in [0.1, 0.15) is 23.1 Å². The van der Waals surface area contributed by atoms with Crippen LogP contribution < -0.4 is 4.74 Å². The van der Waals surface area contributed by atoms with Crippen LogP contribution in [0.2, 0.25) is 0 Å². The Hall–Kier alpha value is -2.00. The minimum Gasteiger partial charge on any atom is -0.486 e. The summed E-state index contributed by atoms with van der Waals surface area (Å²) in [7, 11) is 0. The number of imidazole rings is 1. The predicted octanol–water partition coefficient (Wildman–Crippen LogP) is 4.86. The molecule has 120 valence electrons. The number of hydrogen-bond donors (Lipinski definition) is 0. The minimum atomic E-state index is 0.556. The third-order valence-electron chi connectivity index (χ3n) is 3.98. The Morgan fingerprint density at radius 1 is 1.13 bits per heavy atom. The number of halogens is 1.